The average molecular weight is 402 g/mol. The Bertz CT molecular complexity index is 783. The first kappa shape index (κ1) is 16.5. The molecule has 5 nitrogen and oxygen atoms in total. The highest BCUT2D eigenvalue weighted by Gasteiger charge is 2.45. The molecule has 1 amide bonds. The monoisotopic (exact) mass is 401 g/mol. The lowest BCUT2D eigenvalue weighted by Gasteiger charge is -2.39. The number of benzene rings is 1. The van der Waals surface area contributed by atoms with Crippen LogP contribution in [0.15, 0.2) is 47.2 Å². The molecule has 2 N–H and O–H groups in total. The molecule has 3 atom stereocenters. The fourth-order valence-corrected chi connectivity index (χ4v) is 4.47. The number of pyridine rings is 1. The van der Waals surface area contributed by atoms with E-state index in [1.165, 1.54) is 0 Å². The number of carbonyl (C=O) groups excluding carboxylic acids is 1. The van der Waals surface area contributed by atoms with Crippen LogP contribution in [0.3, 0.4) is 0 Å². The molecular formula is C19H20BrN3O2. The van der Waals surface area contributed by atoms with Crippen LogP contribution < -0.4 is 5.32 Å². The summed E-state index contributed by atoms with van der Waals surface area (Å²) in [6.07, 6.45) is 4.71. The van der Waals surface area contributed by atoms with E-state index in [0.717, 1.165) is 34.3 Å². The van der Waals surface area contributed by atoms with Crippen LogP contribution in [0.2, 0.25) is 0 Å². The van der Waals surface area contributed by atoms with Crippen molar-refractivity contribution in [3.8, 4) is 0 Å². The highest BCUT2D eigenvalue weighted by molar-refractivity contribution is 9.10. The van der Waals surface area contributed by atoms with Gasteiger partial charge in [-0.25, -0.2) is 0 Å². The molecule has 2 aliphatic heterocycles. The van der Waals surface area contributed by atoms with Gasteiger partial charge in [-0.05, 0) is 47.9 Å². The van der Waals surface area contributed by atoms with E-state index >= 15 is 0 Å². The third kappa shape index (κ3) is 3.04. The van der Waals surface area contributed by atoms with Crippen molar-refractivity contribution in [2.45, 2.75) is 24.9 Å². The zero-order valence-electron chi connectivity index (χ0n) is 13.7. The molecule has 1 fully saturated rings. The fourth-order valence-electron chi connectivity index (χ4n) is 4.09. The lowest BCUT2D eigenvalue weighted by molar-refractivity contribution is -0.131. The maximum Gasteiger partial charge on any atom is 0.227 e. The number of nitrogens with zero attached hydrogens (tertiary/aromatic N) is 2. The van der Waals surface area contributed by atoms with Gasteiger partial charge in [-0.15, -0.1) is 0 Å². The standard InChI is InChI=1S/C19H20BrN3O2/c20-13-1-2-16-15(10-13)19-14(17(11-24)22-16)5-8-23(19)18(25)9-12-3-6-21-7-4-12/h1-4,6-7,10,14,17,19,22,24H,5,8-9,11H2/t14-,17+,19-/m0/s1. The molecule has 2 aliphatic rings. The second kappa shape index (κ2) is 6.77. The molecule has 6 heteroatoms. The Balaban J connectivity index is 1.66. The van der Waals surface area contributed by atoms with E-state index in [2.05, 4.69) is 32.3 Å². The molecule has 0 aliphatic carbocycles. The first-order valence-corrected chi connectivity index (χ1v) is 9.32. The van der Waals surface area contributed by atoms with E-state index in [-0.39, 0.29) is 30.5 Å². The zero-order valence-corrected chi connectivity index (χ0v) is 15.3. The zero-order chi connectivity index (χ0) is 17.4. The molecule has 3 heterocycles. The number of hydrogen-bond donors (Lipinski definition) is 2. The number of amides is 1. The first-order chi connectivity index (χ1) is 12.2. The van der Waals surface area contributed by atoms with Gasteiger partial charge >= 0.3 is 0 Å². The summed E-state index contributed by atoms with van der Waals surface area (Å²) in [5, 5.41) is 13.2. The highest BCUT2D eigenvalue weighted by atomic mass is 79.9. The smallest absolute Gasteiger partial charge is 0.227 e. The molecule has 0 bridgehead atoms. The number of anilines is 1. The van der Waals surface area contributed by atoms with Crippen molar-refractivity contribution in [2.24, 2.45) is 5.92 Å². The van der Waals surface area contributed by atoms with Crippen molar-refractivity contribution in [3.05, 3.63) is 58.3 Å². The minimum Gasteiger partial charge on any atom is -0.394 e. The van der Waals surface area contributed by atoms with Crippen molar-refractivity contribution >= 4 is 27.5 Å². The number of halogens is 1. The van der Waals surface area contributed by atoms with E-state index in [1.54, 1.807) is 12.4 Å². The molecule has 0 unspecified atom stereocenters. The fraction of sp³-hybridized carbons (Fsp3) is 0.368. The van der Waals surface area contributed by atoms with E-state index in [0.29, 0.717) is 6.42 Å². The summed E-state index contributed by atoms with van der Waals surface area (Å²) in [7, 11) is 0. The molecule has 1 aromatic carbocycles. The van der Waals surface area contributed by atoms with Crippen LogP contribution in [0.4, 0.5) is 5.69 Å². The van der Waals surface area contributed by atoms with Crippen LogP contribution >= 0.6 is 15.9 Å². The van der Waals surface area contributed by atoms with Crippen LogP contribution in [0.5, 0.6) is 0 Å². The van der Waals surface area contributed by atoms with Gasteiger partial charge in [0.05, 0.1) is 25.1 Å². The van der Waals surface area contributed by atoms with Crippen LogP contribution in [0.1, 0.15) is 23.6 Å². The van der Waals surface area contributed by atoms with Gasteiger partial charge in [0.15, 0.2) is 0 Å². The molecule has 2 aromatic rings. The number of likely N-dealkylation sites (tertiary alicyclic amines) is 1. The SMILES string of the molecule is O=C(Cc1ccncc1)N1CC[C@@H]2[C@H]1c1cc(Br)ccc1N[C@@H]2CO. The molecule has 130 valence electrons. The van der Waals surface area contributed by atoms with Crippen molar-refractivity contribution < 1.29 is 9.90 Å². The summed E-state index contributed by atoms with van der Waals surface area (Å²) in [4.78, 5) is 19.0. The molecule has 1 saturated heterocycles. The number of fused-ring (bicyclic) bond motifs is 3. The van der Waals surface area contributed by atoms with Gasteiger partial charge in [0.2, 0.25) is 5.91 Å². The summed E-state index contributed by atoms with van der Waals surface area (Å²) in [6, 6.07) is 9.86. The topological polar surface area (TPSA) is 65.5 Å². The van der Waals surface area contributed by atoms with Gasteiger partial charge in [-0.3, -0.25) is 9.78 Å². The van der Waals surface area contributed by atoms with E-state index in [9.17, 15) is 9.90 Å². The maximum absolute atomic E-state index is 13.0. The third-order valence-corrected chi connectivity index (χ3v) is 5.75. The number of aliphatic hydroxyl groups is 1. The number of nitrogens with one attached hydrogen (secondary N) is 1. The Morgan fingerprint density at radius 1 is 1.32 bits per heavy atom. The highest BCUT2D eigenvalue weighted by Crippen LogP contribution is 2.47. The second-order valence-electron chi connectivity index (χ2n) is 6.68. The van der Waals surface area contributed by atoms with E-state index < -0.39 is 0 Å². The molecule has 25 heavy (non-hydrogen) atoms. The van der Waals surface area contributed by atoms with Crippen molar-refractivity contribution in [1.82, 2.24) is 9.88 Å². The number of hydrogen-bond acceptors (Lipinski definition) is 4. The van der Waals surface area contributed by atoms with Crippen LogP contribution in [0, 0.1) is 5.92 Å². The predicted molar refractivity (Wildman–Crippen MR) is 99.1 cm³/mol. The van der Waals surface area contributed by atoms with Gasteiger partial charge in [-0.2, -0.15) is 0 Å². The number of aromatic nitrogens is 1. The van der Waals surface area contributed by atoms with Crippen molar-refractivity contribution in [3.63, 3.8) is 0 Å². The summed E-state index contributed by atoms with van der Waals surface area (Å²) in [5.41, 5.74) is 3.11. The van der Waals surface area contributed by atoms with Crippen LogP contribution in [-0.4, -0.2) is 40.1 Å². The van der Waals surface area contributed by atoms with E-state index in [1.807, 2.05) is 29.2 Å². The Hall–Kier alpha value is -1.92. The Morgan fingerprint density at radius 3 is 2.88 bits per heavy atom. The summed E-state index contributed by atoms with van der Waals surface area (Å²) in [6.45, 7) is 0.798. The molecule has 0 radical (unpaired) electrons. The van der Waals surface area contributed by atoms with Crippen LogP contribution in [-0.2, 0) is 11.2 Å². The van der Waals surface area contributed by atoms with Gasteiger partial charge in [-0.1, -0.05) is 15.9 Å². The Kier molecular flexibility index (Phi) is 4.48. The summed E-state index contributed by atoms with van der Waals surface area (Å²) >= 11 is 3.54. The average Bonchev–Trinajstić information content (AvgIpc) is 3.07. The quantitative estimate of drug-likeness (QED) is 0.829. The van der Waals surface area contributed by atoms with Crippen molar-refractivity contribution in [1.29, 1.82) is 0 Å². The minimum atomic E-state index is -0.0163. The molecule has 0 spiro atoms. The van der Waals surface area contributed by atoms with E-state index in [4.69, 9.17) is 0 Å². The van der Waals surface area contributed by atoms with Gasteiger partial charge < -0.3 is 15.3 Å². The van der Waals surface area contributed by atoms with Crippen LogP contribution in [0.25, 0.3) is 0 Å². The third-order valence-electron chi connectivity index (χ3n) is 5.26. The number of carbonyl (C=O) groups is 1. The Labute approximate surface area is 155 Å². The molecule has 0 saturated carbocycles. The first-order valence-electron chi connectivity index (χ1n) is 8.52. The lowest BCUT2D eigenvalue weighted by Crippen LogP contribution is -2.43. The number of rotatable bonds is 3. The lowest BCUT2D eigenvalue weighted by atomic mass is 9.83. The second-order valence-corrected chi connectivity index (χ2v) is 7.60. The normalized spacial score (nSPS) is 24.4. The maximum atomic E-state index is 13.0. The molecule has 1 aromatic heterocycles. The molecule has 4 rings (SSSR count). The van der Waals surface area contributed by atoms with Gasteiger partial charge in [0.25, 0.3) is 0 Å². The minimum absolute atomic E-state index is 0.0141. The van der Waals surface area contributed by atoms with Gasteiger partial charge in [0, 0.05) is 35.0 Å². The van der Waals surface area contributed by atoms with Gasteiger partial charge in [0.1, 0.15) is 0 Å². The number of aliphatic hydroxyl groups excluding tert-OH is 1. The largest absolute Gasteiger partial charge is 0.394 e. The molecular weight excluding hydrogens is 382 g/mol. The summed E-state index contributed by atoms with van der Waals surface area (Å²) < 4.78 is 1.00. The van der Waals surface area contributed by atoms with Crippen molar-refractivity contribution in [2.75, 3.05) is 18.5 Å². The Morgan fingerprint density at radius 2 is 2.12 bits per heavy atom. The summed E-state index contributed by atoms with van der Waals surface area (Å²) in [5.74, 6) is 0.358. The predicted octanol–water partition coefficient (Wildman–Crippen LogP) is 2.76.